The highest BCUT2D eigenvalue weighted by molar-refractivity contribution is 6.30. The van der Waals surface area contributed by atoms with E-state index in [0.717, 1.165) is 27.6 Å². The molecule has 0 unspecified atom stereocenters. The first-order valence-electron chi connectivity index (χ1n) is 11.1. The van der Waals surface area contributed by atoms with Gasteiger partial charge in [0.2, 0.25) is 5.91 Å². The molecule has 7 heteroatoms. The molecule has 2 amide bonds. The second kappa shape index (κ2) is 10.9. The first-order valence-corrected chi connectivity index (χ1v) is 11.5. The molecule has 6 nitrogen and oxygen atoms in total. The van der Waals surface area contributed by atoms with Crippen LogP contribution in [-0.2, 0) is 24.3 Å². The molecule has 34 heavy (non-hydrogen) atoms. The van der Waals surface area contributed by atoms with Gasteiger partial charge in [-0.3, -0.25) is 4.79 Å². The van der Waals surface area contributed by atoms with Crippen LogP contribution >= 0.6 is 11.6 Å². The monoisotopic (exact) mass is 475 g/mol. The summed E-state index contributed by atoms with van der Waals surface area (Å²) in [4.78, 5) is 29.9. The summed E-state index contributed by atoms with van der Waals surface area (Å²) in [6.45, 7) is 0.632. The highest BCUT2D eigenvalue weighted by Gasteiger charge is 2.26. The van der Waals surface area contributed by atoms with Gasteiger partial charge in [0.05, 0.1) is 5.92 Å². The van der Waals surface area contributed by atoms with Crippen molar-refractivity contribution in [2.24, 2.45) is 5.92 Å². The molecule has 0 aliphatic heterocycles. The van der Waals surface area contributed by atoms with E-state index < -0.39 is 12.0 Å². The first kappa shape index (κ1) is 23.4. The van der Waals surface area contributed by atoms with Crippen LogP contribution < -0.4 is 5.32 Å². The highest BCUT2D eigenvalue weighted by atomic mass is 35.5. The van der Waals surface area contributed by atoms with Gasteiger partial charge in [0, 0.05) is 41.8 Å². The summed E-state index contributed by atoms with van der Waals surface area (Å²) in [6.07, 6.45) is 1.25. The van der Waals surface area contributed by atoms with Crippen LogP contribution in [0.4, 0.5) is 4.79 Å². The van der Waals surface area contributed by atoms with Crippen molar-refractivity contribution in [1.82, 2.24) is 15.2 Å². The molecule has 1 heterocycles. The van der Waals surface area contributed by atoms with Crippen molar-refractivity contribution in [3.63, 3.8) is 0 Å². The Labute approximate surface area is 203 Å². The number of benzene rings is 3. The minimum absolute atomic E-state index is 0.0795. The molecular formula is C27H26ClN3O3. The molecule has 0 saturated heterocycles. The zero-order chi connectivity index (χ0) is 23.9. The number of H-pyrrole nitrogens is 1. The molecule has 4 rings (SSSR count). The second-order valence-corrected chi connectivity index (χ2v) is 8.69. The number of para-hydroxylation sites is 1. The Morgan fingerprint density at radius 1 is 0.941 bits per heavy atom. The Hall–Kier alpha value is -3.77. The Kier molecular flexibility index (Phi) is 7.50. The molecule has 3 N–H and O–H groups in total. The van der Waals surface area contributed by atoms with Gasteiger partial charge in [0.1, 0.15) is 0 Å². The molecule has 174 valence electrons. The number of amides is 2. The summed E-state index contributed by atoms with van der Waals surface area (Å²) in [5, 5.41) is 14.5. The predicted octanol–water partition coefficient (Wildman–Crippen LogP) is 5.48. The van der Waals surface area contributed by atoms with Gasteiger partial charge in [0.15, 0.2) is 0 Å². The summed E-state index contributed by atoms with van der Waals surface area (Å²) in [7, 11) is 0. The average molecular weight is 476 g/mol. The summed E-state index contributed by atoms with van der Waals surface area (Å²) in [6, 6.07) is 24.5. The van der Waals surface area contributed by atoms with Crippen LogP contribution in [0.25, 0.3) is 10.9 Å². The lowest BCUT2D eigenvalue weighted by Crippen LogP contribution is -2.41. The van der Waals surface area contributed by atoms with Gasteiger partial charge in [-0.25, -0.2) is 4.79 Å². The molecule has 0 spiro atoms. The van der Waals surface area contributed by atoms with Crippen molar-refractivity contribution in [2.75, 3.05) is 6.54 Å². The number of carboxylic acid groups (broad SMARTS) is 1. The van der Waals surface area contributed by atoms with E-state index in [9.17, 15) is 14.7 Å². The van der Waals surface area contributed by atoms with E-state index in [1.165, 1.54) is 4.90 Å². The number of aromatic amines is 1. The lowest BCUT2D eigenvalue weighted by atomic mass is 9.97. The molecule has 1 atom stereocenters. The normalized spacial score (nSPS) is 11.8. The van der Waals surface area contributed by atoms with Crippen LogP contribution in [0.3, 0.4) is 0 Å². The van der Waals surface area contributed by atoms with E-state index in [1.807, 2.05) is 72.9 Å². The number of nitrogens with zero attached hydrogens (tertiary/aromatic N) is 1. The van der Waals surface area contributed by atoms with Crippen LogP contribution in [0.2, 0.25) is 5.02 Å². The van der Waals surface area contributed by atoms with Crippen LogP contribution in [0, 0.1) is 5.92 Å². The quantitative estimate of drug-likeness (QED) is 0.300. The third-order valence-electron chi connectivity index (χ3n) is 5.82. The van der Waals surface area contributed by atoms with Gasteiger partial charge < -0.3 is 20.3 Å². The van der Waals surface area contributed by atoms with E-state index in [1.54, 1.807) is 12.1 Å². The molecule has 0 aliphatic carbocycles. The maximum atomic E-state index is 13.3. The Bertz CT molecular complexity index is 1260. The fourth-order valence-electron chi connectivity index (χ4n) is 4.02. The molecule has 0 bridgehead atoms. The fourth-order valence-corrected chi connectivity index (χ4v) is 4.15. The van der Waals surface area contributed by atoms with Crippen LogP contribution in [-0.4, -0.2) is 33.5 Å². The summed E-state index contributed by atoms with van der Waals surface area (Å²) in [5.74, 6) is -0.758. The lowest BCUT2D eigenvalue weighted by Gasteiger charge is -2.25. The maximum Gasteiger partial charge on any atom is 0.407 e. The van der Waals surface area contributed by atoms with Crippen LogP contribution in [0.15, 0.2) is 85.1 Å². The van der Waals surface area contributed by atoms with Gasteiger partial charge in [-0.15, -0.1) is 0 Å². The lowest BCUT2D eigenvalue weighted by molar-refractivity contribution is -0.125. The van der Waals surface area contributed by atoms with Crippen LogP contribution in [0.5, 0.6) is 0 Å². The van der Waals surface area contributed by atoms with Gasteiger partial charge in [-0.1, -0.05) is 72.3 Å². The first-order chi connectivity index (χ1) is 16.5. The zero-order valence-corrected chi connectivity index (χ0v) is 19.3. The standard InChI is InChI=1S/C27H26ClN3O3/c28-23-12-10-19(11-13-23)15-30-26(32)22(14-21-16-29-25-9-5-4-8-24(21)25)18-31(27(33)34)17-20-6-2-1-3-7-20/h1-13,16,22,29H,14-15,17-18H2,(H,30,32)(H,33,34)/t22-/m0/s1. The molecule has 4 aromatic rings. The SMILES string of the molecule is O=C(NCc1ccc(Cl)cc1)[C@@H](Cc1c[nH]c2ccccc12)CN(Cc1ccccc1)C(=O)O. The van der Waals surface area contributed by atoms with Gasteiger partial charge in [0.25, 0.3) is 0 Å². The largest absolute Gasteiger partial charge is 0.465 e. The summed E-state index contributed by atoms with van der Waals surface area (Å²) in [5.41, 5.74) is 3.75. The van der Waals surface area contributed by atoms with Crippen molar-refractivity contribution >= 4 is 34.5 Å². The number of nitrogens with one attached hydrogen (secondary N) is 2. The van der Waals surface area contributed by atoms with Crippen molar-refractivity contribution in [1.29, 1.82) is 0 Å². The van der Waals surface area contributed by atoms with E-state index in [-0.39, 0.29) is 19.0 Å². The zero-order valence-electron chi connectivity index (χ0n) is 18.6. The minimum atomic E-state index is -1.06. The number of hydrogen-bond donors (Lipinski definition) is 3. The number of carbonyl (C=O) groups is 2. The number of fused-ring (bicyclic) bond motifs is 1. The predicted molar refractivity (Wildman–Crippen MR) is 134 cm³/mol. The molecule has 0 radical (unpaired) electrons. The molecule has 0 aliphatic rings. The molecule has 1 aromatic heterocycles. The Morgan fingerprint density at radius 3 is 2.38 bits per heavy atom. The van der Waals surface area contributed by atoms with E-state index >= 15 is 0 Å². The number of aromatic nitrogens is 1. The molecule has 0 saturated carbocycles. The van der Waals surface area contributed by atoms with Crippen molar-refractivity contribution in [2.45, 2.75) is 19.5 Å². The minimum Gasteiger partial charge on any atom is -0.465 e. The molecule has 0 fully saturated rings. The van der Waals surface area contributed by atoms with Crippen molar-refractivity contribution < 1.29 is 14.7 Å². The van der Waals surface area contributed by atoms with Crippen LogP contribution in [0.1, 0.15) is 16.7 Å². The Balaban J connectivity index is 1.54. The second-order valence-electron chi connectivity index (χ2n) is 8.25. The number of rotatable bonds is 9. The maximum absolute atomic E-state index is 13.3. The summed E-state index contributed by atoms with van der Waals surface area (Å²) >= 11 is 5.95. The smallest absolute Gasteiger partial charge is 0.407 e. The van der Waals surface area contributed by atoms with Crippen molar-refractivity contribution in [3.05, 3.63) is 107 Å². The van der Waals surface area contributed by atoms with E-state index in [4.69, 9.17) is 11.6 Å². The number of hydrogen-bond acceptors (Lipinski definition) is 2. The van der Waals surface area contributed by atoms with Crippen molar-refractivity contribution in [3.8, 4) is 0 Å². The van der Waals surface area contributed by atoms with Gasteiger partial charge in [-0.05, 0) is 41.3 Å². The third-order valence-corrected chi connectivity index (χ3v) is 6.07. The van der Waals surface area contributed by atoms with E-state index in [0.29, 0.717) is 18.0 Å². The average Bonchev–Trinajstić information content (AvgIpc) is 3.26. The third kappa shape index (κ3) is 5.97. The summed E-state index contributed by atoms with van der Waals surface area (Å²) < 4.78 is 0. The highest BCUT2D eigenvalue weighted by Crippen LogP contribution is 2.22. The van der Waals surface area contributed by atoms with Gasteiger partial charge in [-0.2, -0.15) is 0 Å². The van der Waals surface area contributed by atoms with E-state index in [2.05, 4.69) is 10.3 Å². The van der Waals surface area contributed by atoms with Gasteiger partial charge >= 0.3 is 6.09 Å². The number of halogens is 1. The topological polar surface area (TPSA) is 85.4 Å². The Morgan fingerprint density at radius 2 is 1.65 bits per heavy atom. The molecule has 3 aromatic carbocycles. The molecular weight excluding hydrogens is 450 g/mol. The fraction of sp³-hybridized carbons (Fsp3) is 0.185. The number of carbonyl (C=O) groups excluding carboxylic acids is 1.